The van der Waals surface area contributed by atoms with Crippen molar-refractivity contribution in [1.29, 1.82) is 0 Å². The summed E-state index contributed by atoms with van der Waals surface area (Å²) >= 11 is 0. The molecule has 0 bridgehead atoms. The summed E-state index contributed by atoms with van der Waals surface area (Å²) in [5.74, 6) is 0.684. The highest BCUT2D eigenvalue weighted by Crippen LogP contribution is 2.35. The second-order valence-electron chi connectivity index (χ2n) is 8.27. The predicted molar refractivity (Wildman–Crippen MR) is 124 cm³/mol. The van der Waals surface area contributed by atoms with Gasteiger partial charge in [-0.3, -0.25) is 4.79 Å². The van der Waals surface area contributed by atoms with Gasteiger partial charge in [0.15, 0.2) is 5.76 Å². The number of ether oxygens (including phenoxy) is 1. The van der Waals surface area contributed by atoms with E-state index in [1.807, 2.05) is 0 Å². The summed E-state index contributed by atoms with van der Waals surface area (Å²) in [6.07, 6.45) is 4.42. The van der Waals surface area contributed by atoms with Crippen LogP contribution < -0.4 is 31.6 Å². The quantitative estimate of drug-likeness (QED) is 0.361. The van der Waals surface area contributed by atoms with E-state index in [0.717, 1.165) is 57.7 Å². The maximum absolute atomic E-state index is 13.2. The van der Waals surface area contributed by atoms with Crippen LogP contribution in [0.1, 0.15) is 36.0 Å². The summed E-state index contributed by atoms with van der Waals surface area (Å²) in [4.78, 5) is 24.7. The lowest BCUT2D eigenvalue weighted by Crippen LogP contribution is -2.30. The molecule has 4 N–H and O–H groups in total. The van der Waals surface area contributed by atoms with Gasteiger partial charge in [0.1, 0.15) is 11.3 Å². The summed E-state index contributed by atoms with van der Waals surface area (Å²) in [7, 11) is 0. The van der Waals surface area contributed by atoms with Crippen LogP contribution in [0.15, 0.2) is 44.8 Å². The van der Waals surface area contributed by atoms with E-state index in [9.17, 15) is 9.59 Å². The van der Waals surface area contributed by atoms with Crippen molar-refractivity contribution >= 4 is 16.8 Å². The molecule has 1 fully saturated rings. The lowest BCUT2D eigenvalue weighted by atomic mass is 10.1. The van der Waals surface area contributed by atoms with Crippen molar-refractivity contribution in [2.45, 2.75) is 25.7 Å². The first-order valence-electron chi connectivity index (χ1n) is 11.6. The largest absolute Gasteiger partial charge is 0.452 e. The molecular formula is C24H32N4O4. The molecule has 0 spiro atoms. The minimum atomic E-state index is -0.425. The van der Waals surface area contributed by atoms with E-state index in [0.29, 0.717) is 41.1 Å². The molecular weight excluding hydrogens is 408 g/mol. The van der Waals surface area contributed by atoms with Crippen molar-refractivity contribution in [3.05, 3.63) is 51.6 Å². The normalized spacial score (nSPS) is 20.1. The van der Waals surface area contributed by atoms with Crippen molar-refractivity contribution < 1.29 is 13.9 Å². The predicted octanol–water partition coefficient (Wildman–Crippen LogP) is 1.55. The summed E-state index contributed by atoms with van der Waals surface area (Å²) in [5.41, 5.74) is 1.40. The van der Waals surface area contributed by atoms with Crippen molar-refractivity contribution in [2.24, 2.45) is 0 Å². The van der Waals surface area contributed by atoms with Crippen LogP contribution in [-0.2, 0) is 0 Å². The molecule has 1 aromatic heterocycles. The molecule has 8 heteroatoms. The van der Waals surface area contributed by atoms with Gasteiger partial charge in [-0.15, -0.1) is 0 Å². The highest BCUT2D eigenvalue weighted by atomic mass is 16.5. The summed E-state index contributed by atoms with van der Waals surface area (Å²) < 4.78 is 11.2. The highest BCUT2D eigenvalue weighted by molar-refractivity contribution is 6.14. The highest BCUT2D eigenvalue weighted by Gasteiger charge is 2.31. The first-order valence-corrected chi connectivity index (χ1v) is 11.6. The Morgan fingerprint density at radius 3 is 2.03 bits per heavy atom. The second kappa shape index (κ2) is 11.4. The van der Waals surface area contributed by atoms with E-state index in [1.165, 1.54) is 18.9 Å². The van der Waals surface area contributed by atoms with E-state index in [1.54, 1.807) is 18.2 Å². The Morgan fingerprint density at radius 2 is 1.34 bits per heavy atom. The minimum absolute atomic E-state index is 0.124. The van der Waals surface area contributed by atoms with Crippen molar-refractivity contribution in [3.63, 3.8) is 0 Å². The lowest BCUT2D eigenvalue weighted by Gasteiger charge is -2.13. The molecule has 2 aliphatic heterocycles. The number of allylic oxidation sites excluding steroid dienone is 1. The summed E-state index contributed by atoms with van der Waals surface area (Å²) in [6, 6.07) is 6.39. The van der Waals surface area contributed by atoms with Crippen LogP contribution in [0.4, 0.5) is 0 Å². The van der Waals surface area contributed by atoms with Crippen LogP contribution in [-0.4, -0.2) is 58.1 Å². The van der Waals surface area contributed by atoms with Gasteiger partial charge in [-0.25, -0.2) is 4.79 Å². The Kier molecular flexibility index (Phi) is 8.06. The average molecular weight is 441 g/mol. The number of hydrogen-bond donors (Lipinski definition) is 4. The molecule has 2 aliphatic rings. The number of ketones is 1. The maximum Gasteiger partial charge on any atom is 0.336 e. The lowest BCUT2D eigenvalue weighted by molar-refractivity contribution is 0.101. The van der Waals surface area contributed by atoms with Gasteiger partial charge in [-0.1, -0.05) is 0 Å². The summed E-state index contributed by atoms with van der Waals surface area (Å²) in [6.45, 7) is 6.93. The van der Waals surface area contributed by atoms with Gasteiger partial charge in [0.05, 0.1) is 5.56 Å². The number of rotatable bonds is 0. The molecule has 32 heavy (non-hydrogen) atoms. The number of Topliss-reactive ketones (excluding diaryl/α,β-unsaturated/α-hetero) is 1. The molecule has 0 amide bonds. The standard InChI is InChI=1S/C24H32N4O4/c29-22-6-5-17-13-19-21(14-20(17)31-22)32-24(23(19)30)18-15-27-11-3-9-25-7-1-2-8-26-10-4-12-28-16-18/h5-6,13-14,25-28H,1-4,7-12,15-16H2. The molecule has 4 rings (SSSR count). The molecule has 1 saturated heterocycles. The van der Waals surface area contributed by atoms with Crippen molar-refractivity contribution in [2.75, 3.05) is 52.4 Å². The fraction of sp³-hybridized carbons (Fsp3) is 0.500. The topological polar surface area (TPSA) is 105 Å². The zero-order valence-electron chi connectivity index (χ0n) is 18.4. The number of carbonyl (C=O) groups is 1. The molecule has 1 aromatic carbocycles. The minimum Gasteiger partial charge on any atom is -0.452 e. The van der Waals surface area contributed by atoms with E-state index >= 15 is 0 Å². The third-order valence-corrected chi connectivity index (χ3v) is 5.75. The summed E-state index contributed by atoms with van der Waals surface area (Å²) in [5, 5.41) is 14.6. The van der Waals surface area contributed by atoms with Gasteiger partial charge < -0.3 is 30.4 Å². The van der Waals surface area contributed by atoms with Gasteiger partial charge in [0.25, 0.3) is 0 Å². The van der Waals surface area contributed by atoms with Crippen LogP contribution >= 0.6 is 0 Å². The van der Waals surface area contributed by atoms with Gasteiger partial charge in [-0.2, -0.15) is 0 Å². The number of benzene rings is 1. The van der Waals surface area contributed by atoms with Crippen LogP contribution in [0.25, 0.3) is 11.0 Å². The van der Waals surface area contributed by atoms with E-state index in [4.69, 9.17) is 9.15 Å². The molecule has 3 heterocycles. The molecule has 0 saturated carbocycles. The Labute approximate surface area is 187 Å². The number of carbonyl (C=O) groups excluding carboxylic acids is 1. The van der Waals surface area contributed by atoms with E-state index in [2.05, 4.69) is 21.3 Å². The third kappa shape index (κ3) is 5.83. The molecule has 2 aromatic rings. The number of hydrogen-bond acceptors (Lipinski definition) is 8. The van der Waals surface area contributed by atoms with E-state index < -0.39 is 5.63 Å². The van der Waals surface area contributed by atoms with Crippen LogP contribution in [0.2, 0.25) is 0 Å². The van der Waals surface area contributed by atoms with Gasteiger partial charge in [0, 0.05) is 36.2 Å². The zero-order chi connectivity index (χ0) is 22.2. The molecule has 0 radical (unpaired) electrons. The second-order valence-corrected chi connectivity index (χ2v) is 8.27. The molecule has 0 unspecified atom stereocenters. The van der Waals surface area contributed by atoms with Crippen molar-refractivity contribution in [3.8, 4) is 5.75 Å². The monoisotopic (exact) mass is 440 g/mol. The molecule has 0 atom stereocenters. The Bertz CT molecular complexity index is 1010. The first kappa shape index (κ1) is 22.7. The fourth-order valence-corrected chi connectivity index (χ4v) is 4.00. The molecule has 0 aliphatic carbocycles. The zero-order valence-corrected chi connectivity index (χ0v) is 18.4. The van der Waals surface area contributed by atoms with Gasteiger partial charge in [0.2, 0.25) is 5.78 Å². The Balaban J connectivity index is 1.49. The van der Waals surface area contributed by atoms with E-state index in [-0.39, 0.29) is 5.78 Å². The first-order chi connectivity index (χ1) is 15.7. The maximum atomic E-state index is 13.2. The smallest absolute Gasteiger partial charge is 0.336 e. The van der Waals surface area contributed by atoms with Gasteiger partial charge in [-0.05, 0) is 77.1 Å². The number of fused-ring (bicyclic) bond motifs is 2. The van der Waals surface area contributed by atoms with Crippen LogP contribution in [0.5, 0.6) is 5.75 Å². The SMILES string of the molecule is O=C1C(=C2CNCCCNCCCCNCCCNC2)Oc2cc3oc(=O)ccc3cc21. The Hall–Kier alpha value is -2.52. The third-order valence-electron chi connectivity index (χ3n) is 5.75. The fourth-order valence-electron chi connectivity index (χ4n) is 4.00. The van der Waals surface area contributed by atoms with Gasteiger partial charge >= 0.3 is 5.63 Å². The van der Waals surface area contributed by atoms with Crippen LogP contribution in [0, 0.1) is 0 Å². The average Bonchev–Trinajstić information content (AvgIpc) is 3.10. The van der Waals surface area contributed by atoms with Crippen LogP contribution in [0.3, 0.4) is 0 Å². The van der Waals surface area contributed by atoms with Crippen molar-refractivity contribution in [1.82, 2.24) is 21.3 Å². The molecule has 8 nitrogen and oxygen atoms in total. The number of nitrogens with one attached hydrogen (secondary N) is 4. The molecule has 172 valence electrons. The Morgan fingerprint density at radius 1 is 0.719 bits per heavy atom.